The average Bonchev–Trinajstić information content (AvgIpc) is 2.98. The third-order valence-electron chi connectivity index (χ3n) is 3.54. The van der Waals surface area contributed by atoms with Crippen LogP contribution in [0, 0.1) is 5.21 Å². The first-order valence-electron chi connectivity index (χ1n) is 6.53. The summed E-state index contributed by atoms with van der Waals surface area (Å²) in [4.78, 5) is 10.8. The molecule has 98 valence electrons. The molecule has 0 saturated heterocycles. The number of aromatic nitrogens is 1. The molecule has 1 aromatic heterocycles. The normalized spacial score (nSPS) is 16.8. The molecule has 0 bridgehead atoms. The number of anilines is 1. The lowest BCUT2D eigenvalue weighted by atomic mass is 10.1. The maximum atomic E-state index is 12.7. The second-order valence-electron chi connectivity index (χ2n) is 4.71. The van der Waals surface area contributed by atoms with Crippen LogP contribution >= 0.6 is 0 Å². The van der Waals surface area contributed by atoms with E-state index in [1.807, 2.05) is 35.2 Å². The number of nitrogens with zero attached hydrogens (tertiary/aromatic N) is 4. The molecule has 0 aliphatic carbocycles. The number of benzene rings is 1. The quantitative estimate of drug-likeness (QED) is 0.584. The monoisotopic (exact) mass is 264 g/mol. The van der Waals surface area contributed by atoms with Crippen LogP contribution in [0.1, 0.15) is 5.56 Å². The Morgan fingerprint density at radius 3 is 2.80 bits per heavy atom. The fourth-order valence-corrected chi connectivity index (χ4v) is 2.66. The third kappa shape index (κ3) is 1.46. The average molecular weight is 264 g/mol. The minimum absolute atomic E-state index is 0.576. The van der Waals surface area contributed by atoms with E-state index < -0.39 is 0 Å². The van der Waals surface area contributed by atoms with Gasteiger partial charge in [-0.3, -0.25) is 9.89 Å². The van der Waals surface area contributed by atoms with Gasteiger partial charge in [0.1, 0.15) is 0 Å². The number of aliphatic imine (C=N–C) groups is 1. The Morgan fingerprint density at radius 1 is 1.10 bits per heavy atom. The first kappa shape index (κ1) is 11.2. The van der Waals surface area contributed by atoms with Crippen molar-refractivity contribution >= 4 is 23.1 Å². The molecule has 0 spiro atoms. The van der Waals surface area contributed by atoms with Gasteiger partial charge in [-0.05, 0) is 18.2 Å². The fourth-order valence-electron chi connectivity index (χ4n) is 2.66. The van der Waals surface area contributed by atoms with Crippen LogP contribution in [0.15, 0.2) is 53.7 Å². The molecule has 5 heteroatoms. The molecule has 0 saturated carbocycles. The molecule has 0 atom stereocenters. The molecule has 2 aromatic rings. The van der Waals surface area contributed by atoms with E-state index in [2.05, 4.69) is 9.98 Å². The SMILES string of the molecule is [O-][N+]1=C(c2ccccc2)C2=NCCN2c2ncccc21. The molecule has 2 aliphatic rings. The van der Waals surface area contributed by atoms with Gasteiger partial charge >= 0.3 is 0 Å². The van der Waals surface area contributed by atoms with E-state index >= 15 is 0 Å². The summed E-state index contributed by atoms with van der Waals surface area (Å²) in [5, 5.41) is 12.7. The molecule has 0 N–H and O–H groups in total. The Labute approximate surface area is 116 Å². The van der Waals surface area contributed by atoms with Crippen LogP contribution in [0.25, 0.3) is 0 Å². The van der Waals surface area contributed by atoms with Crippen LogP contribution in [-0.4, -0.2) is 34.4 Å². The van der Waals surface area contributed by atoms with Gasteiger partial charge in [0.05, 0.1) is 12.1 Å². The highest BCUT2D eigenvalue weighted by Gasteiger charge is 2.38. The van der Waals surface area contributed by atoms with Gasteiger partial charge in [-0.2, -0.15) is 4.74 Å². The zero-order chi connectivity index (χ0) is 13.5. The van der Waals surface area contributed by atoms with Crippen molar-refractivity contribution in [2.24, 2.45) is 4.99 Å². The zero-order valence-electron chi connectivity index (χ0n) is 10.7. The number of pyridine rings is 1. The first-order chi connectivity index (χ1) is 9.86. The van der Waals surface area contributed by atoms with Gasteiger partial charge in [-0.15, -0.1) is 0 Å². The van der Waals surface area contributed by atoms with Crippen LogP contribution in [0.4, 0.5) is 11.5 Å². The molecular formula is C15H12N4O. The van der Waals surface area contributed by atoms with E-state index in [1.54, 1.807) is 18.3 Å². The Hall–Kier alpha value is -2.69. The van der Waals surface area contributed by atoms with Crippen molar-refractivity contribution in [2.75, 3.05) is 18.0 Å². The molecule has 2 aliphatic heterocycles. The Balaban J connectivity index is 2.01. The van der Waals surface area contributed by atoms with Crippen molar-refractivity contribution in [3.63, 3.8) is 0 Å². The lowest BCUT2D eigenvalue weighted by Gasteiger charge is -2.26. The van der Waals surface area contributed by atoms with Crippen molar-refractivity contribution in [3.8, 4) is 0 Å². The van der Waals surface area contributed by atoms with Crippen LogP contribution in [0.2, 0.25) is 0 Å². The minimum atomic E-state index is 0.576. The summed E-state index contributed by atoms with van der Waals surface area (Å²) < 4.78 is 0.943. The van der Waals surface area contributed by atoms with Gasteiger partial charge in [0.15, 0.2) is 0 Å². The van der Waals surface area contributed by atoms with Gasteiger partial charge < -0.3 is 5.21 Å². The predicted molar refractivity (Wildman–Crippen MR) is 77.7 cm³/mol. The van der Waals surface area contributed by atoms with Gasteiger partial charge in [0.25, 0.3) is 11.4 Å². The van der Waals surface area contributed by atoms with Crippen LogP contribution in [0.5, 0.6) is 0 Å². The lowest BCUT2D eigenvalue weighted by Crippen LogP contribution is -2.41. The second-order valence-corrected chi connectivity index (χ2v) is 4.71. The predicted octanol–water partition coefficient (Wildman–Crippen LogP) is 1.94. The molecule has 4 rings (SSSR count). The van der Waals surface area contributed by atoms with Crippen LogP contribution in [-0.2, 0) is 0 Å². The van der Waals surface area contributed by atoms with E-state index in [4.69, 9.17) is 0 Å². The Kier molecular flexibility index (Phi) is 2.32. The Bertz CT molecular complexity index is 737. The number of hydrogen-bond acceptors (Lipinski definition) is 4. The highest BCUT2D eigenvalue weighted by Crippen LogP contribution is 2.32. The van der Waals surface area contributed by atoms with Gasteiger partial charge in [-0.25, -0.2) is 4.98 Å². The Morgan fingerprint density at radius 2 is 1.95 bits per heavy atom. The maximum absolute atomic E-state index is 12.7. The summed E-state index contributed by atoms with van der Waals surface area (Å²) in [6, 6.07) is 13.2. The van der Waals surface area contributed by atoms with E-state index in [9.17, 15) is 5.21 Å². The van der Waals surface area contributed by atoms with Crippen molar-refractivity contribution in [2.45, 2.75) is 0 Å². The zero-order valence-corrected chi connectivity index (χ0v) is 10.7. The smallest absolute Gasteiger partial charge is 0.267 e. The van der Waals surface area contributed by atoms with Crippen molar-refractivity contribution in [1.82, 2.24) is 4.98 Å². The fraction of sp³-hybridized carbons (Fsp3) is 0.133. The van der Waals surface area contributed by atoms with Crippen molar-refractivity contribution < 1.29 is 4.74 Å². The molecule has 0 fully saturated rings. The molecule has 20 heavy (non-hydrogen) atoms. The summed E-state index contributed by atoms with van der Waals surface area (Å²) in [6.07, 6.45) is 1.70. The van der Waals surface area contributed by atoms with Gasteiger partial charge in [-0.1, -0.05) is 18.2 Å². The molecular weight excluding hydrogens is 252 g/mol. The number of rotatable bonds is 1. The van der Waals surface area contributed by atoms with Crippen molar-refractivity contribution in [1.29, 1.82) is 0 Å². The summed E-state index contributed by atoms with van der Waals surface area (Å²) in [5.74, 6) is 1.41. The number of amidine groups is 1. The van der Waals surface area contributed by atoms with E-state index in [0.29, 0.717) is 23.8 Å². The first-order valence-corrected chi connectivity index (χ1v) is 6.53. The minimum Gasteiger partial charge on any atom is -0.618 e. The largest absolute Gasteiger partial charge is 0.618 e. The molecule has 0 amide bonds. The molecule has 3 heterocycles. The van der Waals surface area contributed by atoms with Crippen LogP contribution < -0.4 is 4.90 Å². The highest BCUT2D eigenvalue weighted by atomic mass is 16.5. The second kappa shape index (κ2) is 4.16. The maximum Gasteiger partial charge on any atom is 0.267 e. The number of hydrogen-bond donors (Lipinski definition) is 0. The van der Waals surface area contributed by atoms with E-state index in [-0.39, 0.29) is 0 Å². The summed E-state index contributed by atoms with van der Waals surface area (Å²) in [5.41, 5.74) is 2.05. The van der Waals surface area contributed by atoms with E-state index in [0.717, 1.165) is 22.7 Å². The highest BCUT2D eigenvalue weighted by molar-refractivity contribution is 6.51. The molecule has 0 unspecified atom stereocenters. The summed E-state index contributed by atoms with van der Waals surface area (Å²) >= 11 is 0. The van der Waals surface area contributed by atoms with Gasteiger partial charge in [0.2, 0.25) is 11.7 Å². The van der Waals surface area contributed by atoms with Crippen molar-refractivity contribution in [3.05, 3.63) is 59.4 Å². The number of fused-ring (bicyclic) bond motifs is 3. The summed E-state index contributed by atoms with van der Waals surface area (Å²) in [6.45, 7) is 1.46. The topological polar surface area (TPSA) is 54.6 Å². The lowest BCUT2D eigenvalue weighted by molar-refractivity contribution is -0.358. The molecule has 1 aromatic carbocycles. The third-order valence-corrected chi connectivity index (χ3v) is 3.54. The van der Waals surface area contributed by atoms with Crippen LogP contribution in [0.3, 0.4) is 0 Å². The summed E-state index contributed by atoms with van der Waals surface area (Å²) in [7, 11) is 0. The molecule has 0 radical (unpaired) electrons. The van der Waals surface area contributed by atoms with Gasteiger partial charge in [0, 0.05) is 18.8 Å². The molecule has 5 nitrogen and oxygen atoms in total. The standard InChI is InChI=1S/C15H12N4O/c20-19-12-7-4-8-16-14(12)18-10-9-17-15(18)13(19)11-5-2-1-3-6-11/h1-8H,9-10H2. The van der Waals surface area contributed by atoms with E-state index in [1.165, 1.54) is 0 Å².